The van der Waals surface area contributed by atoms with Gasteiger partial charge in [0, 0.05) is 4.47 Å². The monoisotopic (exact) mass is 285 g/mol. The molecule has 0 aromatic heterocycles. The molecule has 1 rings (SSSR count). The van der Waals surface area contributed by atoms with Gasteiger partial charge in [-0.1, -0.05) is 35.0 Å². The Hall–Kier alpha value is -0.870. The van der Waals surface area contributed by atoms with Gasteiger partial charge in [0.25, 0.3) is 0 Å². The normalized spacial score (nSPS) is 14.2. The fraction of sp³-hybridized carbons (Fsp3) is 0.417. The molecule has 4 heteroatoms. The number of carbonyl (C=O) groups is 1. The lowest BCUT2D eigenvalue weighted by molar-refractivity contribution is -0.148. The van der Waals surface area contributed by atoms with Crippen molar-refractivity contribution in [3.63, 3.8) is 0 Å². The van der Waals surface area contributed by atoms with Gasteiger partial charge in [-0.15, -0.1) is 0 Å². The lowest BCUT2D eigenvalue weighted by Crippen LogP contribution is -2.47. The van der Waals surface area contributed by atoms with Gasteiger partial charge in [-0.05, 0) is 31.2 Å². The van der Waals surface area contributed by atoms with E-state index in [1.54, 1.807) is 0 Å². The summed E-state index contributed by atoms with van der Waals surface area (Å²) < 4.78 is 5.83. The van der Waals surface area contributed by atoms with Gasteiger partial charge in [0.05, 0.1) is 7.11 Å². The molecule has 0 amide bonds. The zero-order valence-corrected chi connectivity index (χ0v) is 11.3. The maximum absolute atomic E-state index is 11.8. The van der Waals surface area contributed by atoms with E-state index in [9.17, 15) is 4.79 Å². The minimum Gasteiger partial charge on any atom is -0.467 e. The Labute approximate surface area is 104 Å². The van der Waals surface area contributed by atoms with E-state index in [1.165, 1.54) is 7.11 Å². The number of carbonyl (C=O) groups excluding carboxylic acids is 1. The minimum absolute atomic E-state index is 0.281. The first-order valence-electron chi connectivity index (χ1n) is 5.14. The van der Waals surface area contributed by atoms with Crippen molar-refractivity contribution in [2.45, 2.75) is 19.4 Å². The summed E-state index contributed by atoms with van der Waals surface area (Å²) in [5, 5.41) is 3.16. The van der Waals surface area contributed by atoms with Crippen molar-refractivity contribution in [1.29, 1.82) is 0 Å². The Morgan fingerprint density at radius 1 is 1.44 bits per heavy atom. The van der Waals surface area contributed by atoms with Gasteiger partial charge in [0.2, 0.25) is 0 Å². The number of rotatable bonds is 4. The Morgan fingerprint density at radius 2 is 2.00 bits per heavy atom. The summed E-state index contributed by atoms with van der Waals surface area (Å²) in [6, 6.07) is 7.63. The number of halogens is 1. The summed E-state index contributed by atoms with van der Waals surface area (Å²) in [6.45, 7) is 4.48. The summed E-state index contributed by atoms with van der Waals surface area (Å²) in [6.07, 6.45) is 0. The average Bonchev–Trinajstić information content (AvgIpc) is 2.29. The van der Waals surface area contributed by atoms with Crippen molar-refractivity contribution >= 4 is 21.9 Å². The van der Waals surface area contributed by atoms with Crippen LogP contribution in [0.2, 0.25) is 0 Å². The van der Waals surface area contributed by atoms with Gasteiger partial charge in [0.1, 0.15) is 5.54 Å². The minimum atomic E-state index is -0.788. The van der Waals surface area contributed by atoms with Crippen molar-refractivity contribution in [1.82, 2.24) is 5.32 Å². The van der Waals surface area contributed by atoms with Crippen LogP contribution in [0, 0.1) is 0 Å². The lowest BCUT2D eigenvalue weighted by Gasteiger charge is -2.28. The highest BCUT2D eigenvalue weighted by atomic mass is 79.9. The van der Waals surface area contributed by atoms with E-state index < -0.39 is 5.54 Å². The van der Waals surface area contributed by atoms with Crippen molar-refractivity contribution in [3.8, 4) is 0 Å². The standard InChI is InChI=1S/C12H16BrNO2/c1-4-14-12(2,11(15)16-3)9-5-7-10(13)8-6-9/h5-8,14H,4H2,1-3H3. The van der Waals surface area contributed by atoms with Gasteiger partial charge in [-0.3, -0.25) is 5.32 Å². The molecule has 0 spiro atoms. The van der Waals surface area contributed by atoms with Crippen molar-refractivity contribution < 1.29 is 9.53 Å². The molecule has 16 heavy (non-hydrogen) atoms. The molecule has 88 valence electrons. The van der Waals surface area contributed by atoms with E-state index in [4.69, 9.17) is 4.74 Å². The molecule has 0 aliphatic rings. The van der Waals surface area contributed by atoms with Crippen LogP contribution in [0.15, 0.2) is 28.7 Å². The quantitative estimate of drug-likeness (QED) is 0.864. The van der Waals surface area contributed by atoms with Crippen LogP contribution in [0.4, 0.5) is 0 Å². The van der Waals surface area contributed by atoms with E-state index in [1.807, 2.05) is 38.1 Å². The first kappa shape index (κ1) is 13.2. The second-order valence-corrected chi connectivity index (χ2v) is 4.57. The molecule has 0 aliphatic carbocycles. The van der Waals surface area contributed by atoms with E-state index >= 15 is 0 Å². The molecular weight excluding hydrogens is 270 g/mol. The second-order valence-electron chi connectivity index (χ2n) is 3.65. The molecule has 0 fully saturated rings. The highest BCUT2D eigenvalue weighted by Crippen LogP contribution is 2.24. The van der Waals surface area contributed by atoms with Crippen LogP contribution in [-0.2, 0) is 15.1 Å². The van der Waals surface area contributed by atoms with Crippen LogP contribution in [0.3, 0.4) is 0 Å². The van der Waals surface area contributed by atoms with Crippen LogP contribution < -0.4 is 5.32 Å². The number of benzene rings is 1. The predicted molar refractivity (Wildman–Crippen MR) is 67.2 cm³/mol. The van der Waals surface area contributed by atoms with Crippen molar-refractivity contribution in [3.05, 3.63) is 34.3 Å². The smallest absolute Gasteiger partial charge is 0.330 e. The van der Waals surface area contributed by atoms with E-state index in [2.05, 4.69) is 21.2 Å². The fourth-order valence-electron chi connectivity index (χ4n) is 1.63. The topological polar surface area (TPSA) is 38.3 Å². The second kappa shape index (κ2) is 5.46. The molecule has 0 saturated heterocycles. The molecule has 0 radical (unpaired) electrons. The number of methoxy groups -OCH3 is 1. The van der Waals surface area contributed by atoms with Crippen LogP contribution >= 0.6 is 15.9 Å². The van der Waals surface area contributed by atoms with Gasteiger partial charge in [0.15, 0.2) is 0 Å². The summed E-state index contributed by atoms with van der Waals surface area (Å²) >= 11 is 3.37. The Balaban J connectivity index is 3.10. The van der Waals surface area contributed by atoms with Gasteiger partial charge in [-0.25, -0.2) is 4.79 Å². The van der Waals surface area contributed by atoms with Crippen LogP contribution in [0.1, 0.15) is 19.4 Å². The zero-order valence-electron chi connectivity index (χ0n) is 9.71. The molecule has 1 unspecified atom stereocenters. The molecule has 1 N–H and O–H groups in total. The molecule has 0 bridgehead atoms. The van der Waals surface area contributed by atoms with E-state index in [0.29, 0.717) is 6.54 Å². The van der Waals surface area contributed by atoms with Gasteiger partial charge < -0.3 is 4.74 Å². The molecule has 1 aromatic rings. The van der Waals surface area contributed by atoms with E-state index in [-0.39, 0.29) is 5.97 Å². The number of ether oxygens (including phenoxy) is 1. The highest BCUT2D eigenvalue weighted by molar-refractivity contribution is 9.10. The SMILES string of the molecule is CCNC(C)(C(=O)OC)c1ccc(Br)cc1. The number of likely N-dealkylation sites (N-methyl/N-ethyl adjacent to an activating group) is 1. The number of esters is 1. The third kappa shape index (κ3) is 2.62. The predicted octanol–water partition coefficient (Wildman–Crippen LogP) is 2.45. The third-order valence-electron chi connectivity index (χ3n) is 2.55. The van der Waals surface area contributed by atoms with Gasteiger partial charge >= 0.3 is 5.97 Å². The summed E-state index contributed by atoms with van der Waals surface area (Å²) in [4.78, 5) is 11.8. The third-order valence-corrected chi connectivity index (χ3v) is 3.07. The molecule has 0 aliphatic heterocycles. The summed E-state index contributed by atoms with van der Waals surface area (Å²) in [5.74, 6) is -0.281. The number of hydrogen-bond donors (Lipinski definition) is 1. The molecule has 0 saturated carbocycles. The first-order valence-corrected chi connectivity index (χ1v) is 5.93. The van der Waals surface area contributed by atoms with Crippen LogP contribution in [0.5, 0.6) is 0 Å². The Morgan fingerprint density at radius 3 is 2.44 bits per heavy atom. The molecule has 1 atom stereocenters. The number of nitrogens with one attached hydrogen (secondary N) is 1. The molecule has 1 aromatic carbocycles. The average molecular weight is 286 g/mol. The fourth-order valence-corrected chi connectivity index (χ4v) is 1.90. The van der Waals surface area contributed by atoms with Crippen molar-refractivity contribution in [2.75, 3.05) is 13.7 Å². The van der Waals surface area contributed by atoms with Crippen LogP contribution in [-0.4, -0.2) is 19.6 Å². The Kier molecular flexibility index (Phi) is 4.50. The maximum Gasteiger partial charge on any atom is 0.330 e. The number of hydrogen-bond acceptors (Lipinski definition) is 3. The first-order chi connectivity index (χ1) is 7.54. The highest BCUT2D eigenvalue weighted by Gasteiger charge is 2.35. The largest absolute Gasteiger partial charge is 0.467 e. The van der Waals surface area contributed by atoms with Crippen LogP contribution in [0.25, 0.3) is 0 Å². The molecule has 3 nitrogen and oxygen atoms in total. The molecular formula is C12H16BrNO2. The summed E-state index contributed by atoms with van der Waals surface area (Å²) in [7, 11) is 1.40. The van der Waals surface area contributed by atoms with Crippen molar-refractivity contribution in [2.24, 2.45) is 0 Å². The molecule has 0 heterocycles. The van der Waals surface area contributed by atoms with E-state index in [0.717, 1.165) is 10.0 Å². The maximum atomic E-state index is 11.8. The summed E-state index contributed by atoms with van der Waals surface area (Å²) in [5.41, 5.74) is 0.105. The van der Waals surface area contributed by atoms with Gasteiger partial charge in [-0.2, -0.15) is 0 Å². The lowest BCUT2D eigenvalue weighted by atomic mass is 9.92. The zero-order chi connectivity index (χ0) is 12.2. The Bertz CT molecular complexity index is 364.